The Labute approximate surface area is 82.7 Å². The third-order valence-electron chi connectivity index (χ3n) is 1.79. The smallest absolute Gasteiger partial charge is 0.122 e. The molecule has 0 radical (unpaired) electrons. The quantitative estimate of drug-likeness (QED) is 0.764. The largest absolute Gasteiger partial charge is 0.497 e. The highest BCUT2D eigenvalue weighted by Crippen LogP contribution is 2.23. The first-order valence-electron chi connectivity index (χ1n) is 5.52. The maximum Gasteiger partial charge on any atom is 0.122 e. The van der Waals surface area contributed by atoms with E-state index in [0.717, 1.165) is 5.56 Å². The lowest BCUT2D eigenvalue weighted by molar-refractivity contribution is 0.399. The van der Waals surface area contributed by atoms with Crippen LogP contribution in [0, 0.1) is 0 Å². The molecule has 0 aliphatic rings. The SMILES string of the molecule is [2H]C([2H])([2H])Oc1ccc(OC)cc1CCN. The molecule has 72 valence electrons. The molecular weight excluding hydrogens is 166 g/mol. The molecule has 0 bridgehead atoms. The van der Waals surface area contributed by atoms with E-state index in [9.17, 15) is 0 Å². The van der Waals surface area contributed by atoms with Gasteiger partial charge in [-0.15, -0.1) is 0 Å². The number of methoxy groups -OCH3 is 2. The Hall–Kier alpha value is -1.22. The summed E-state index contributed by atoms with van der Waals surface area (Å²) in [6, 6.07) is 4.96. The predicted octanol–water partition coefficient (Wildman–Crippen LogP) is 1.21. The first kappa shape index (κ1) is 6.27. The van der Waals surface area contributed by atoms with Crippen LogP contribution in [-0.2, 0) is 6.42 Å². The molecule has 3 heteroatoms. The number of benzene rings is 1. The van der Waals surface area contributed by atoms with Crippen molar-refractivity contribution in [3.8, 4) is 11.5 Å². The van der Waals surface area contributed by atoms with E-state index in [0.29, 0.717) is 24.5 Å². The molecule has 0 atom stereocenters. The van der Waals surface area contributed by atoms with E-state index >= 15 is 0 Å². The summed E-state index contributed by atoms with van der Waals surface area (Å²) in [5.74, 6) is 0.979. The molecule has 3 nitrogen and oxygen atoms in total. The van der Waals surface area contributed by atoms with Gasteiger partial charge < -0.3 is 15.2 Å². The van der Waals surface area contributed by atoms with Crippen LogP contribution in [0.25, 0.3) is 0 Å². The molecule has 0 spiro atoms. The summed E-state index contributed by atoms with van der Waals surface area (Å²) in [5, 5.41) is 0. The molecule has 1 aromatic carbocycles. The molecule has 0 aliphatic carbocycles. The van der Waals surface area contributed by atoms with E-state index < -0.39 is 7.04 Å². The van der Waals surface area contributed by atoms with Crippen LogP contribution in [0.3, 0.4) is 0 Å². The van der Waals surface area contributed by atoms with Gasteiger partial charge in [0.1, 0.15) is 11.5 Å². The average molecular weight is 184 g/mol. The highest BCUT2D eigenvalue weighted by atomic mass is 16.5. The summed E-state index contributed by atoms with van der Waals surface area (Å²) in [5.41, 5.74) is 6.18. The number of hydrogen-bond donors (Lipinski definition) is 1. The predicted molar refractivity (Wildman–Crippen MR) is 52.3 cm³/mol. The van der Waals surface area contributed by atoms with Gasteiger partial charge in [-0.3, -0.25) is 0 Å². The molecule has 0 amide bonds. The molecule has 0 aromatic heterocycles. The Morgan fingerprint density at radius 2 is 2.31 bits per heavy atom. The van der Waals surface area contributed by atoms with Crippen LogP contribution in [0.5, 0.6) is 11.5 Å². The molecule has 0 aliphatic heterocycles. The standard InChI is InChI=1S/C10H15NO2/c1-12-9-3-4-10(13-2)8(7-9)5-6-11/h3-4,7H,5-6,11H2,1-2H3/i2D3. The van der Waals surface area contributed by atoms with Crippen molar-refractivity contribution in [2.75, 3.05) is 20.7 Å². The molecule has 1 rings (SSSR count). The molecule has 0 saturated heterocycles. The van der Waals surface area contributed by atoms with Crippen LogP contribution in [-0.4, -0.2) is 20.7 Å². The number of nitrogens with two attached hydrogens (primary N) is 1. The fraction of sp³-hybridized carbons (Fsp3) is 0.400. The Morgan fingerprint density at radius 1 is 1.46 bits per heavy atom. The maximum absolute atomic E-state index is 7.05. The van der Waals surface area contributed by atoms with E-state index in [1.165, 1.54) is 0 Å². The van der Waals surface area contributed by atoms with Crippen LogP contribution in [0.4, 0.5) is 0 Å². The van der Waals surface area contributed by atoms with E-state index in [-0.39, 0.29) is 0 Å². The molecule has 0 heterocycles. The fourth-order valence-corrected chi connectivity index (χ4v) is 1.13. The van der Waals surface area contributed by atoms with Gasteiger partial charge in [-0.1, -0.05) is 0 Å². The fourth-order valence-electron chi connectivity index (χ4n) is 1.13. The highest BCUT2D eigenvalue weighted by Gasteiger charge is 2.03. The van der Waals surface area contributed by atoms with Crippen LogP contribution in [0.2, 0.25) is 0 Å². The molecule has 1 aromatic rings. The molecule has 0 unspecified atom stereocenters. The summed E-state index contributed by atoms with van der Waals surface area (Å²) in [4.78, 5) is 0. The van der Waals surface area contributed by atoms with E-state index in [2.05, 4.69) is 0 Å². The third-order valence-corrected chi connectivity index (χ3v) is 1.79. The zero-order valence-corrected chi connectivity index (χ0v) is 7.54. The first-order chi connectivity index (χ1) is 7.46. The minimum absolute atomic E-state index is 0.325. The van der Waals surface area contributed by atoms with Gasteiger partial charge in [-0.05, 0) is 36.7 Å². The van der Waals surface area contributed by atoms with Crippen LogP contribution in [0.1, 0.15) is 9.68 Å². The lowest BCUT2D eigenvalue weighted by Crippen LogP contribution is -2.04. The van der Waals surface area contributed by atoms with Gasteiger partial charge >= 0.3 is 0 Å². The minimum atomic E-state index is -2.45. The number of ether oxygens (including phenoxy) is 2. The topological polar surface area (TPSA) is 44.5 Å². The van der Waals surface area contributed by atoms with Crippen LogP contribution in [0.15, 0.2) is 18.2 Å². The number of hydrogen-bond acceptors (Lipinski definition) is 3. The minimum Gasteiger partial charge on any atom is -0.497 e. The van der Waals surface area contributed by atoms with Gasteiger partial charge in [0.15, 0.2) is 0 Å². The van der Waals surface area contributed by atoms with E-state index in [1.54, 1.807) is 25.3 Å². The molecule has 13 heavy (non-hydrogen) atoms. The molecule has 0 saturated carbocycles. The lowest BCUT2D eigenvalue weighted by atomic mass is 10.1. The van der Waals surface area contributed by atoms with Gasteiger partial charge in [0.25, 0.3) is 0 Å². The molecule has 0 fully saturated rings. The van der Waals surface area contributed by atoms with Crippen LogP contribution >= 0.6 is 0 Å². The first-order valence-corrected chi connectivity index (χ1v) is 4.02. The van der Waals surface area contributed by atoms with E-state index in [4.69, 9.17) is 19.3 Å². The summed E-state index contributed by atoms with van der Waals surface area (Å²) >= 11 is 0. The van der Waals surface area contributed by atoms with Crippen molar-refractivity contribution in [3.05, 3.63) is 23.8 Å². The Morgan fingerprint density at radius 3 is 2.92 bits per heavy atom. The second-order valence-corrected chi connectivity index (χ2v) is 2.61. The molecular formula is C10H15NO2. The monoisotopic (exact) mass is 184 g/mol. The highest BCUT2D eigenvalue weighted by molar-refractivity contribution is 5.40. The van der Waals surface area contributed by atoms with Crippen molar-refractivity contribution in [1.82, 2.24) is 0 Å². The van der Waals surface area contributed by atoms with E-state index in [1.807, 2.05) is 0 Å². The normalized spacial score (nSPS) is 14.2. The van der Waals surface area contributed by atoms with Crippen molar-refractivity contribution >= 4 is 0 Å². The van der Waals surface area contributed by atoms with Crippen molar-refractivity contribution in [2.45, 2.75) is 6.42 Å². The average Bonchev–Trinajstić information content (AvgIpc) is 2.19. The second-order valence-electron chi connectivity index (χ2n) is 2.61. The van der Waals surface area contributed by atoms with Crippen molar-refractivity contribution < 1.29 is 13.6 Å². The Bertz CT molecular complexity index is 352. The van der Waals surface area contributed by atoms with Gasteiger partial charge in [0.2, 0.25) is 0 Å². The van der Waals surface area contributed by atoms with Crippen molar-refractivity contribution in [2.24, 2.45) is 5.73 Å². The summed E-state index contributed by atoms with van der Waals surface area (Å²) < 4.78 is 31.1. The Kier molecular flexibility index (Phi) is 2.28. The van der Waals surface area contributed by atoms with Crippen molar-refractivity contribution in [3.63, 3.8) is 0 Å². The van der Waals surface area contributed by atoms with Crippen molar-refractivity contribution in [1.29, 1.82) is 0 Å². The molecule has 2 N–H and O–H groups in total. The zero-order chi connectivity index (χ0) is 12.2. The lowest BCUT2D eigenvalue weighted by Gasteiger charge is -2.08. The zero-order valence-electron chi connectivity index (χ0n) is 10.5. The summed E-state index contributed by atoms with van der Waals surface area (Å²) in [6.07, 6.45) is 0.544. The van der Waals surface area contributed by atoms with Crippen LogP contribution < -0.4 is 15.2 Å². The third kappa shape index (κ3) is 2.36. The Balaban J connectivity index is 2.98. The summed E-state index contributed by atoms with van der Waals surface area (Å²) in [6.45, 7) is 0.421. The summed E-state index contributed by atoms with van der Waals surface area (Å²) in [7, 11) is -0.899. The van der Waals surface area contributed by atoms with Gasteiger partial charge in [0.05, 0.1) is 18.3 Å². The van der Waals surface area contributed by atoms with Gasteiger partial charge in [-0.25, -0.2) is 0 Å². The second kappa shape index (κ2) is 4.72. The van der Waals surface area contributed by atoms with Gasteiger partial charge in [-0.2, -0.15) is 0 Å². The maximum atomic E-state index is 7.05. The van der Waals surface area contributed by atoms with Gasteiger partial charge in [0, 0.05) is 0 Å². The number of rotatable bonds is 4.